The Balaban J connectivity index is 2.05. The first kappa shape index (κ1) is 9.39. The number of anilines is 1. The Kier molecular flexibility index (Phi) is 2.13. The number of rotatable bonds is 1. The second-order valence-electron chi connectivity index (χ2n) is 4.13. The molecule has 2 aromatic rings. The highest BCUT2D eigenvalue weighted by molar-refractivity contribution is 5.40. The minimum Gasteiger partial charge on any atom is -0.370 e. The maximum absolute atomic E-state index is 4.54. The van der Waals surface area contributed by atoms with Crippen LogP contribution in [0.1, 0.15) is 23.7 Å². The molecule has 0 bridgehead atoms. The number of nitrogens with zero attached hydrogens (tertiary/aromatic N) is 3. The summed E-state index contributed by atoms with van der Waals surface area (Å²) in [6.45, 7) is 3.02. The largest absolute Gasteiger partial charge is 0.370 e. The fraction of sp³-hybridized carbons (Fsp3) is 0.333. The number of nitrogens with one attached hydrogen (secondary N) is 1. The van der Waals surface area contributed by atoms with Crippen molar-refractivity contribution in [1.82, 2.24) is 14.8 Å². The van der Waals surface area contributed by atoms with Crippen molar-refractivity contribution in [3.63, 3.8) is 0 Å². The van der Waals surface area contributed by atoms with Crippen molar-refractivity contribution in [3.05, 3.63) is 41.9 Å². The van der Waals surface area contributed by atoms with Gasteiger partial charge in [0.1, 0.15) is 5.82 Å². The van der Waals surface area contributed by atoms with Crippen molar-refractivity contribution >= 4 is 5.82 Å². The minimum absolute atomic E-state index is 0.341. The molecule has 16 heavy (non-hydrogen) atoms. The highest BCUT2D eigenvalue weighted by Crippen LogP contribution is 2.29. The monoisotopic (exact) mass is 214 g/mol. The number of aryl methyl sites for hydroxylation is 1. The Hall–Kier alpha value is -1.84. The Bertz CT molecular complexity index is 489. The van der Waals surface area contributed by atoms with Crippen molar-refractivity contribution in [2.24, 2.45) is 0 Å². The lowest BCUT2D eigenvalue weighted by Gasteiger charge is -2.25. The molecule has 1 aliphatic heterocycles. The molecule has 0 spiro atoms. The molecule has 0 aliphatic carbocycles. The van der Waals surface area contributed by atoms with E-state index in [1.165, 1.54) is 5.56 Å². The van der Waals surface area contributed by atoms with E-state index in [1.807, 2.05) is 19.3 Å². The maximum Gasteiger partial charge on any atom is 0.125 e. The van der Waals surface area contributed by atoms with Gasteiger partial charge in [-0.2, -0.15) is 5.10 Å². The number of fused-ring (bicyclic) bond motifs is 1. The molecule has 0 radical (unpaired) electrons. The predicted octanol–water partition coefficient (Wildman–Crippen LogP) is 1.99. The summed E-state index contributed by atoms with van der Waals surface area (Å²) in [5.41, 5.74) is 2.34. The number of hydrogen-bond donors (Lipinski definition) is 1. The van der Waals surface area contributed by atoms with E-state index >= 15 is 0 Å². The molecule has 0 saturated carbocycles. The smallest absolute Gasteiger partial charge is 0.125 e. The predicted molar refractivity (Wildman–Crippen MR) is 62.4 cm³/mol. The molecule has 0 aromatic carbocycles. The van der Waals surface area contributed by atoms with Crippen LogP contribution in [0.4, 0.5) is 5.82 Å². The van der Waals surface area contributed by atoms with Crippen LogP contribution < -0.4 is 5.32 Å². The molecular formula is C12H14N4. The van der Waals surface area contributed by atoms with E-state index in [4.69, 9.17) is 0 Å². The summed E-state index contributed by atoms with van der Waals surface area (Å²) in [6.07, 6.45) is 4.75. The van der Waals surface area contributed by atoms with Gasteiger partial charge in [-0.15, -0.1) is 0 Å². The van der Waals surface area contributed by atoms with Crippen LogP contribution >= 0.6 is 0 Å². The molecule has 2 aromatic heterocycles. The lowest BCUT2D eigenvalue weighted by molar-refractivity contribution is 0.479. The Labute approximate surface area is 94.3 Å². The first-order valence-corrected chi connectivity index (χ1v) is 5.54. The van der Waals surface area contributed by atoms with Crippen molar-refractivity contribution < 1.29 is 0 Å². The standard InChI is InChI=1S/C12H14N4/c1-9-8-12-14-7-4-11(16(12)15-9)10-2-5-13-6-3-10/h2-3,5-6,8,11,14H,4,7H2,1H3. The Morgan fingerprint density at radius 2 is 2.19 bits per heavy atom. The van der Waals surface area contributed by atoms with Crippen LogP contribution in [0, 0.1) is 6.92 Å². The first-order chi connectivity index (χ1) is 7.84. The molecule has 82 valence electrons. The van der Waals surface area contributed by atoms with Crippen molar-refractivity contribution in [1.29, 1.82) is 0 Å². The zero-order chi connectivity index (χ0) is 11.0. The maximum atomic E-state index is 4.54. The second kappa shape index (κ2) is 3.63. The Morgan fingerprint density at radius 3 is 3.00 bits per heavy atom. The van der Waals surface area contributed by atoms with Crippen molar-refractivity contribution in [2.45, 2.75) is 19.4 Å². The van der Waals surface area contributed by atoms with E-state index in [-0.39, 0.29) is 0 Å². The van der Waals surface area contributed by atoms with Crippen LogP contribution in [-0.2, 0) is 0 Å². The molecule has 4 heteroatoms. The fourth-order valence-electron chi connectivity index (χ4n) is 2.24. The normalized spacial score (nSPS) is 18.9. The molecule has 3 heterocycles. The van der Waals surface area contributed by atoms with Gasteiger partial charge in [-0.1, -0.05) is 0 Å². The molecule has 1 aliphatic rings. The Morgan fingerprint density at radius 1 is 1.38 bits per heavy atom. The van der Waals surface area contributed by atoms with Gasteiger partial charge in [0.2, 0.25) is 0 Å². The number of pyridine rings is 1. The van der Waals surface area contributed by atoms with E-state index in [1.54, 1.807) is 0 Å². The second-order valence-corrected chi connectivity index (χ2v) is 4.13. The van der Waals surface area contributed by atoms with E-state index in [9.17, 15) is 0 Å². The lowest BCUT2D eigenvalue weighted by atomic mass is 10.0. The van der Waals surface area contributed by atoms with Gasteiger partial charge in [-0.3, -0.25) is 4.98 Å². The average molecular weight is 214 g/mol. The molecule has 4 nitrogen and oxygen atoms in total. The van der Waals surface area contributed by atoms with E-state index in [2.05, 4.69) is 38.3 Å². The average Bonchev–Trinajstić information content (AvgIpc) is 2.70. The van der Waals surface area contributed by atoms with E-state index in [0.29, 0.717) is 6.04 Å². The third-order valence-corrected chi connectivity index (χ3v) is 2.97. The van der Waals surface area contributed by atoms with Crippen LogP contribution in [0.25, 0.3) is 0 Å². The zero-order valence-electron chi connectivity index (χ0n) is 9.22. The first-order valence-electron chi connectivity index (χ1n) is 5.54. The summed E-state index contributed by atoms with van der Waals surface area (Å²) in [6, 6.07) is 6.56. The highest BCUT2D eigenvalue weighted by Gasteiger charge is 2.21. The summed E-state index contributed by atoms with van der Waals surface area (Å²) in [5, 5.41) is 7.91. The summed E-state index contributed by atoms with van der Waals surface area (Å²) in [7, 11) is 0. The van der Waals surface area contributed by atoms with E-state index < -0.39 is 0 Å². The summed E-state index contributed by atoms with van der Waals surface area (Å²) < 4.78 is 2.08. The van der Waals surface area contributed by atoms with Gasteiger partial charge < -0.3 is 5.32 Å². The topological polar surface area (TPSA) is 42.7 Å². The molecule has 1 unspecified atom stereocenters. The van der Waals surface area contributed by atoms with Gasteiger partial charge in [0.05, 0.1) is 11.7 Å². The van der Waals surface area contributed by atoms with Gasteiger partial charge in [0, 0.05) is 25.0 Å². The minimum atomic E-state index is 0.341. The van der Waals surface area contributed by atoms with E-state index in [0.717, 1.165) is 24.5 Å². The zero-order valence-corrected chi connectivity index (χ0v) is 9.22. The molecule has 1 N–H and O–H groups in total. The summed E-state index contributed by atoms with van der Waals surface area (Å²) in [5.74, 6) is 1.12. The third-order valence-electron chi connectivity index (χ3n) is 2.97. The number of aromatic nitrogens is 3. The van der Waals surface area contributed by atoms with Gasteiger partial charge in [-0.25, -0.2) is 4.68 Å². The van der Waals surface area contributed by atoms with Gasteiger partial charge in [0.15, 0.2) is 0 Å². The molecule has 0 amide bonds. The van der Waals surface area contributed by atoms with Crippen LogP contribution in [0.2, 0.25) is 0 Å². The molecule has 3 rings (SSSR count). The molecular weight excluding hydrogens is 200 g/mol. The number of hydrogen-bond acceptors (Lipinski definition) is 3. The van der Waals surface area contributed by atoms with Crippen molar-refractivity contribution in [2.75, 3.05) is 11.9 Å². The van der Waals surface area contributed by atoms with Crippen LogP contribution in [0.15, 0.2) is 30.6 Å². The van der Waals surface area contributed by atoms with Crippen LogP contribution in [0.5, 0.6) is 0 Å². The van der Waals surface area contributed by atoms with Gasteiger partial charge in [0.25, 0.3) is 0 Å². The van der Waals surface area contributed by atoms with Gasteiger partial charge in [-0.05, 0) is 31.0 Å². The highest BCUT2D eigenvalue weighted by atomic mass is 15.4. The quantitative estimate of drug-likeness (QED) is 0.789. The summed E-state index contributed by atoms with van der Waals surface area (Å²) in [4.78, 5) is 4.06. The SMILES string of the molecule is Cc1cc2n(n1)C(c1ccncc1)CCN2. The van der Waals surface area contributed by atoms with Crippen LogP contribution in [0.3, 0.4) is 0 Å². The van der Waals surface area contributed by atoms with Crippen LogP contribution in [-0.4, -0.2) is 21.3 Å². The van der Waals surface area contributed by atoms with Crippen molar-refractivity contribution in [3.8, 4) is 0 Å². The lowest BCUT2D eigenvalue weighted by Crippen LogP contribution is -2.24. The molecule has 0 fully saturated rings. The summed E-state index contributed by atoms with van der Waals surface area (Å²) >= 11 is 0. The third kappa shape index (κ3) is 1.46. The fourth-order valence-corrected chi connectivity index (χ4v) is 2.24. The molecule has 1 atom stereocenters. The van der Waals surface area contributed by atoms with Gasteiger partial charge >= 0.3 is 0 Å². The molecule has 0 saturated heterocycles.